The van der Waals surface area contributed by atoms with Crippen molar-refractivity contribution in [2.75, 3.05) is 6.61 Å². The number of rotatable bonds is 3. The zero-order valence-electron chi connectivity index (χ0n) is 11.0. The number of phenolic OH excluding ortho intramolecular Hbond substituents is 1. The molecule has 22 heavy (non-hydrogen) atoms. The Bertz CT molecular complexity index is 715. The largest absolute Gasteiger partial charge is 0.506 e. The lowest BCUT2D eigenvalue weighted by atomic mass is 10.0. The van der Waals surface area contributed by atoms with E-state index >= 15 is 0 Å². The van der Waals surface area contributed by atoms with Gasteiger partial charge in [-0.2, -0.15) is 23.5 Å². The summed E-state index contributed by atoms with van der Waals surface area (Å²) in [5.74, 6) is -1.35. The van der Waals surface area contributed by atoms with Gasteiger partial charge in [0.15, 0.2) is 5.69 Å². The predicted octanol–water partition coefficient (Wildman–Crippen LogP) is 3.14. The van der Waals surface area contributed by atoms with Gasteiger partial charge in [0.25, 0.3) is 0 Å². The van der Waals surface area contributed by atoms with Crippen molar-refractivity contribution in [2.45, 2.75) is 13.1 Å². The summed E-state index contributed by atoms with van der Waals surface area (Å²) in [6, 6.07) is 1.41. The summed E-state index contributed by atoms with van der Waals surface area (Å²) in [7, 11) is 0. The molecule has 0 amide bonds. The first-order chi connectivity index (χ1) is 10.3. The standard InChI is InChI=1S/C12H9BrF3N3O3/c1-2-22-11(21)9-8(17-19-18-9)6-3-5(12(14,15)16)4-7(13)10(6)20/h3-4,20H,2H2,1H3,(H,17,18,19). The van der Waals surface area contributed by atoms with Gasteiger partial charge in [0, 0.05) is 5.56 Å². The van der Waals surface area contributed by atoms with Crippen molar-refractivity contribution in [3.8, 4) is 17.0 Å². The van der Waals surface area contributed by atoms with Crippen LogP contribution in [0.1, 0.15) is 23.0 Å². The van der Waals surface area contributed by atoms with Gasteiger partial charge in [0.1, 0.15) is 11.4 Å². The van der Waals surface area contributed by atoms with E-state index in [1.165, 1.54) is 0 Å². The number of hydrogen-bond acceptors (Lipinski definition) is 5. The van der Waals surface area contributed by atoms with E-state index in [0.29, 0.717) is 6.07 Å². The Balaban J connectivity index is 2.61. The van der Waals surface area contributed by atoms with Gasteiger partial charge in [0.2, 0.25) is 0 Å². The summed E-state index contributed by atoms with van der Waals surface area (Å²) in [5, 5.41) is 19.3. The molecule has 0 atom stereocenters. The van der Waals surface area contributed by atoms with Crippen LogP contribution in [0, 0.1) is 0 Å². The lowest BCUT2D eigenvalue weighted by Crippen LogP contribution is -2.08. The van der Waals surface area contributed by atoms with E-state index in [4.69, 9.17) is 4.74 Å². The fourth-order valence-electron chi connectivity index (χ4n) is 1.70. The van der Waals surface area contributed by atoms with Crippen molar-refractivity contribution < 1.29 is 27.8 Å². The smallest absolute Gasteiger partial charge is 0.416 e. The van der Waals surface area contributed by atoms with Crippen LogP contribution in [0.4, 0.5) is 13.2 Å². The number of aromatic hydroxyl groups is 1. The highest BCUT2D eigenvalue weighted by Gasteiger charge is 2.33. The fourth-order valence-corrected chi connectivity index (χ4v) is 2.16. The van der Waals surface area contributed by atoms with Gasteiger partial charge in [0.05, 0.1) is 16.6 Å². The second-order valence-electron chi connectivity index (χ2n) is 4.09. The van der Waals surface area contributed by atoms with E-state index in [9.17, 15) is 23.1 Å². The van der Waals surface area contributed by atoms with Crippen LogP contribution < -0.4 is 0 Å². The summed E-state index contributed by atoms with van der Waals surface area (Å²) in [6.45, 7) is 1.62. The summed E-state index contributed by atoms with van der Waals surface area (Å²) >= 11 is 2.84. The number of aromatic nitrogens is 3. The number of aromatic amines is 1. The third-order valence-electron chi connectivity index (χ3n) is 2.66. The SMILES string of the molecule is CCOC(=O)c1n[nH]nc1-c1cc(C(F)(F)F)cc(Br)c1O. The summed E-state index contributed by atoms with van der Waals surface area (Å²) < 4.78 is 43.1. The molecule has 0 bridgehead atoms. The number of carbonyl (C=O) groups excluding carboxylic acids is 1. The van der Waals surface area contributed by atoms with Crippen LogP contribution in [0.25, 0.3) is 11.3 Å². The molecule has 10 heteroatoms. The van der Waals surface area contributed by atoms with Crippen LogP contribution in [0.2, 0.25) is 0 Å². The number of phenols is 1. The molecule has 2 aromatic rings. The normalized spacial score (nSPS) is 11.5. The number of ether oxygens (including phenoxy) is 1. The molecule has 0 spiro atoms. The molecule has 0 fully saturated rings. The molecular weight excluding hydrogens is 371 g/mol. The first-order valence-electron chi connectivity index (χ1n) is 5.93. The van der Waals surface area contributed by atoms with Gasteiger partial charge in [-0.1, -0.05) is 0 Å². The maximum Gasteiger partial charge on any atom is 0.416 e. The fraction of sp³-hybridized carbons (Fsp3) is 0.250. The molecule has 2 N–H and O–H groups in total. The number of benzene rings is 1. The third kappa shape index (κ3) is 3.06. The van der Waals surface area contributed by atoms with Crippen molar-refractivity contribution in [3.63, 3.8) is 0 Å². The quantitative estimate of drug-likeness (QED) is 0.799. The van der Waals surface area contributed by atoms with Gasteiger partial charge >= 0.3 is 12.1 Å². The van der Waals surface area contributed by atoms with Gasteiger partial charge in [-0.15, -0.1) is 5.10 Å². The maximum absolute atomic E-state index is 12.9. The van der Waals surface area contributed by atoms with Crippen LogP contribution in [0.5, 0.6) is 5.75 Å². The molecule has 0 saturated carbocycles. The molecular formula is C12H9BrF3N3O3. The zero-order chi connectivity index (χ0) is 16.5. The topological polar surface area (TPSA) is 88.1 Å². The Kier molecular flexibility index (Phi) is 4.40. The highest BCUT2D eigenvalue weighted by Crippen LogP contribution is 2.41. The second kappa shape index (κ2) is 5.95. The maximum atomic E-state index is 12.9. The van der Waals surface area contributed by atoms with Crippen LogP contribution in [0.3, 0.4) is 0 Å². The van der Waals surface area contributed by atoms with E-state index in [1.807, 2.05) is 0 Å². The monoisotopic (exact) mass is 379 g/mol. The first kappa shape index (κ1) is 16.3. The number of esters is 1. The zero-order valence-corrected chi connectivity index (χ0v) is 12.6. The van der Waals surface area contributed by atoms with Gasteiger partial charge in [-0.3, -0.25) is 0 Å². The molecule has 118 valence electrons. The van der Waals surface area contributed by atoms with Crippen molar-refractivity contribution >= 4 is 21.9 Å². The van der Waals surface area contributed by atoms with Crippen LogP contribution in [-0.2, 0) is 10.9 Å². The van der Waals surface area contributed by atoms with Crippen molar-refractivity contribution in [1.82, 2.24) is 15.4 Å². The molecule has 2 rings (SSSR count). The van der Waals surface area contributed by atoms with Crippen LogP contribution >= 0.6 is 15.9 Å². The van der Waals surface area contributed by atoms with E-state index in [1.54, 1.807) is 6.92 Å². The minimum atomic E-state index is -4.63. The molecule has 0 aliphatic rings. The van der Waals surface area contributed by atoms with Gasteiger partial charge in [-0.05, 0) is 35.0 Å². The lowest BCUT2D eigenvalue weighted by Gasteiger charge is -2.11. The highest BCUT2D eigenvalue weighted by molar-refractivity contribution is 9.10. The van der Waals surface area contributed by atoms with Gasteiger partial charge in [-0.25, -0.2) is 4.79 Å². The highest BCUT2D eigenvalue weighted by atomic mass is 79.9. The van der Waals surface area contributed by atoms with Gasteiger partial charge < -0.3 is 9.84 Å². The molecule has 1 aromatic carbocycles. The Morgan fingerprint density at radius 2 is 2.09 bits per heavy atom. The average molecular weight is 380 g/mol. The average Bonchev–Trinajstić information content (AvgIpc) is 2.90. The lowest BCUT2D eigenvalue weighted by molar-refractivity contribution is -0.137. The Labute approximate surface area is 130 Å². The molecule has 1 aromatic heterocycles. The van der Waals surface area contributed by atoms with Crippen molar-refractivity contribution in [2.24, 2.45) is 0 Å². The minimum absolute atomic E-state index is 0.0589. The minimum Gasteiger partial charge on any atom is -0.506 e. The molecule has 0 unspecified atom stereocenters. The Morgan fingerprint density at radius 3 is 2.68 bits per heavy atom. The number of hydrogen-bond donors (Lipinski definition) is 2. The number of alkyl halides is 3. The number of halogens is 4. The van der Waals surface area contributed by atoms with Crippen LogP contribution in [-0.4, -0.2) is 33.1 Å². The van der Waals surface area contributed by atoms with Crippen LogP contribution in [0.15, 0.2) is 16.6 Å². The second-order valence-corrected chi connectivity index (χ2v) is 4.95. The Hall–Kier alpha value is -2.10. The Morgan fingerprint density at radius 1 is 1.41 bits per heavy atom. The first-order valence-corrected chi connectivity index (χ1v) is 6.73. The van der Waals surface area contributed by atoms with E-state index < -0.39 is 23.5 Å². The predicted molar refractivity (Wildman–Crippen MR) is 72.1 cm³/mol. The summed E-state index contributed by atoms with van der Waals surface area (Å²) in [6.07, 6.45) is -4.63. The summed E-state index contributed by atoms with van der Waals surface area (Å²) in [5.41, 5.74) is -1.85. The molecule has 6 nitrogen and oxygen atoms in total. The number of carbonyl (C=O) groups is 1. The number of nitrogens with one attached hydrogen (secondary N) is 1. The van der Waals surface area contributed by atoms with Crippen molar-refractivity contribution in [3.05, 3.63) is 27.9 Å². The molecule has 0 saturated heterocycles. The molecule has 0 aliphatic carbocycles. The van der Waals surface area contributed by atoms with Crippen molar-refractivity contribution in [1.29, 1.82) is 0 Å². The number of nitrogens with zero attached hydrogens (tertiary/aromatic N) is 2. The molecule has 0 radical (unpaired) electrons. The number of H-pyrrole nitrogens is 1. The van der Waals surface area contributed by atoms with E-state index in [0.717, 1.165) is 6.07 Å². The van der Waals surface area contributed by atoms with E-state index in [-0.39, 0.29) is 28.0 Å². The third-order valence-corrected chi connectivity index (χ3v) is 3.27. The molecule has 1 heterocycles. The summed E-state index contributed by atoms with van der Waals surface area (Å²) in [4.78, 5) is 11.7. The molecule has 0 aliphatic heterocycles. The van der Waals surface area contributed by atoms with E-state index in [2.05, 4.69) is 31.3 Å².